The molecule has 2 aliphatic rings. The second-order valence-electron chi connectivity index (χ2n) is 7.73. The van der Waals surface area contributed by atoms with Gasteiger partial charge in [-0.05, 0) is 61.9 Å². The molecule has 142 valence electrons. The number of nitrogens with one attached hydrogen (secondary N) is 1. The van der Waals surface area contributed by atoms with E-state index in [0.717, 1.165) is 31.6 Å². The highest BCUT2D eigenvalue weighted by atomic mass is 16.5. The van der Waals surface area contributed by atoms with Gasteiger partial charge < -0.3 is 10.1 Å². The lowest BCUT2D eigenvalue weighted by molar-refractivity contribution is 0.0848. The molecule has 4 rings (SSSR count). The second-order valence-corrected chi connectivity index (χ2v) is 7.73. The topological polar surface area (TPSA) is 41.6 Å². The minimum Gasteiger partial charge on any atom is -0.497 e. The first-order valence-electron chi connectivity index (χ1n) is 9.97. The molecule has 2 bridgehead atoms. The molecule has 2 unspecified atom stereocenters. The summed E-state index contributed by atoms with van der Waals surface area (Å²) >= 11 is 0. The Bertz CT molecular complexity index is 746. The molecule has 4 nitrogen and oxygen atoms in total. The summed E-state index contributed by atoms with van der Waals surface area (Å²) in [7, 11) is 1.64. The fourth-order valence-electron chi connectivity index (χ4n) is 4.67. The molecule has 27 heavy (non-hydrogen) atoms. The number of hydrogen-bond acceptors (Lipinski definition) is 3. The fourth-order valence-corrected chi connectivity index (χ4v) is 4.67. The third-order valence-corrected chi connectivity index (χ3v) is 6.07. The van der Waals surface area contributed by atoms with Crippen LogP contribution in [0.5, 0.6) is 5.75 Å². The number of carbonyl (C=O) groups is 1. The molecule has 1 N–H and O–H groups in total. The Labute approximate surface area is 161 Å². The van der Waals surface area contributed by atoms with E-state index in [1.54, 1.807) is 7.11 Å². The number of ether oxygens (including phenoxy) is 1. The van der Waals surface area contributed by atoms with Gasteiger partial charge in [0.2, 0.25) is 0 Å². The molecule has 2 fully saturated rings. The minimum atomic E-state index is 0.0276. The van der Waals surface area contributed by atoms with Crippen molar-refractivity contribution in [2.75, 3.05) is 13.7 Å². The maximum Gasteiger partial charge on any atom is 0.251 e. The van der Waals surface area contributed by atoms with Gasteiger partial charge >= 0.3 is 0 Å². The molecule has 2 aliphatic heterocycles. The van der Waals surface area contributed by atoms with Crippen LogP contribution in [0.1, 0.15) is 41.6 Å². The number of hydrogen-bond donors (Lipinski definition) is 1. The highest BCUT2D eigenvalue weighted by Crippen LogP contribution is 2.35. The highest BCUT2D eigenvalue weighted by Gasteiger charge is 2.40. The van der Waals surface area contributed by atoms with Gasteiger partial charge in [-0.25, -0.2) is 0 Å². The number of benzene rings is 2. The Kier molecular flexibility index (Phi) is 5.44. The normalized spacial score (nSPS) is 24.6. The van der Waals surface area contributed by atoms with E-state index in [0.29, 0.717) is 17.6 Å². The van der Waals surface area contributed by atoms with Crippen molar-refractivity contribution in [2.45, 2.75) is 50.2 Å². The van der Waals surface area contributed by atoms with E-state index in [4.69, 9.17) is 4.74 Å². The van der Waals surface area contributed by atoms with Crippen LogP contribution in [0.2, 0.25) is 0 Å². The van der Waals surface area contributed by atoms with Crippen molar-refractivity contribution in [1.82, 2.24) is 10.2 Å². The van der Waals surface area contributed by atoms with Gasteiger partial charge in [-0.3, -0.25) is 9.69 Å². The third-order valence-electron chi connectivity index (χ3n) is 6.07. The zero-order valence-electron chi connectivity index (χ0n) is 15.9. The fraction of sp³-hybridized carbons (Fsp3) is 0.435. The first kappa shape index (κ1) is 18.1. The van der Waals surface area contributed by atoms with E-state index in [-0.39, 0.29) is 11.9 Å². The standard InChI is InChI=1S/C23H28N2O2/c1-27-22-11-7-18(8-12-22)23(26)24-19-15-20-9-10-21(16-19)25(20)14-13-17-5-3-2-4-6-17/h2-8,11-12,19-21H,9-10,13-16H2,1H3,(H,24,26). The van der Waals surface area contributed by atoms with Crippen LogP contribution in [-0.2, 0) is 6.42 Å². The molecule has 2 aromatic carbocycles. The van der Waals surface area contributed by atoms with E-state index in [9.17, 15) is 4.79 Å². The van der Waals surface area contributed by atoms with Gasteiger partial charge in [-0.2, -0.15) is 0 Å². The van der Waals surface area contributed by atoms with Crippen LogP contribution in [0.25, 0.3) is 0 Å². The lowest BCUT2D eigenvalue weighted by Gasteiger charge is -2.39. The first-order chi connectivity index (χ1) is 13.2. The van der Waals surface area contributed by atoms with Gasteiger partial charge in [0.1, 0.15) is 5.75 Å². The van der Waals surface area contributed by atoms with Gasteiger partial charge in [0.25, 0.3) is 5.91 Å². The number of fused-ring (bicyclic) bond motifs is 2. The van der Waals surface area contributed by atoms with Crippen molar-refractivity contribution < 1.29 is 9.53 Å². The number of piperidine rings is 1. The van der Waals surface area contributed by atoms with Gasteiger partial charge in [0, 0.05) is 30.2 Å². The monoisotopic (exact) mass is 364 g/mol. The number of nitrogens with zero attached hydrogens (tertiary/aromatic N) is 1. The van der Waals surface area contributed by atoms with Crippen LogP contribution in [0.4, 0.5) is 0 Å². The largest absolute Gasteiger partial charge is 0.497 e. The van der Waals surface area contributed by atoms with Crippen molar-refractivity contribution in [3.05, 3.63) is 65.7 Å². The third kappa shape index (κ3) is 4.16. The average Bonchev–Trinajstić information content (AvgIpc) is 2.95. The Hall–Kier alpha value is -2.33. The molecular formula is C23H28N2O2. The Balaban J connectivity index is 1.32. The number of rotatable bonds is 6. The Morgan fingerprint density at radius 2 is 1.70 bits per heavy atom. The van der Waals surface area contributed by atoms with Crippen LogP contribution in [0.15, 0.2) is 54.6 Å². The highest BCUT2D eigenvalue weighted by molar-refractivity contribution is 5.94. The van der Waals surface area contributed by atoms with Gasteiger partial charge in [0.05, 0.1) is 7.11 Å². The second kappa shape index (κ2) is 8.13. The summed E-state index contributed by atoms with van der Waals surface area (Å²) in [5.41, 5.74) is 2.11. The molecule has 4 heteroatoms. The summed E-state index contributed by atoms with van der Waals surface area (Å²) in [6.45, 7) is 1.12. The van der Waals surface area contributed by atoms with E-state index >= 15 is 0 Å². The van der Waals surface area contributed by atoms with Crippen LogP contribution in [0.3, 0.4) is 0 Å². The predicted octanol–water partition coefficient (Wildman–Crippen LogP) is 3.66. The molecule has 1 amide bonds. The smallest absolute Gasteiger partial charge is 0.251 e. The van der Waals surface area contributed by atoms with Gasteiger partial charge in [-0.1, -0.05) is 30.3 Å². The molecule has 0 aliphatic carbocycles. The zero-order chi connectivity index (χ0) is 18.6. The van der Waals surface area contributed by atoms with Crippen molar-refractivity contribution in [3.63, 3.8) is 0 Å². The lowest BCUT2D eigenvalue weighted by atomic mass is 9.96. The van der Waals surface area contributed by atoms with E-state index < -0.39 is 0 Å². The molecule has 0 aromatic heterocycles. The first-order valence-corrected chi connectivity index (χ1v) is 9.97. The van der Waals surface area contributed by atoms with Crippen LogP contribution >= 0.6 is 0 Å². The van der Waals surface area contributed by atoms with Gasteiger partial charge in [0.15, 0.2) is 0 Å². The molecule has 2 atom stereocenters. The van der Waals surface area contributed by atoms with Crippen molar-refractivity contribution in [3.8, 4) is 5.75 Å². The van der Waals surface area contributed by atoms with Crippen molar-refractivity contribution in [2.24, 2.45) is 0 Å². The van der Waals surface area contributed by atoms with Crippen LogP contribution in [0, 0.1) is 0 Å². The molecule has 0 radical (unpaired) electrons. The summed E-state index contributed by atoms with van der Waals surface area (Å²) in [6.07, 6.45) is 5.75. The lowest BCUT2D eigenvalue weighted by Crippen LogP contribution is -2.50. The van der Waals surface area contributed by atoms with E-state index in [2.05, 4.69) is 40.5 Å². The van der Waals surface area contributed by atoms with Crippen molar-refractivity contribution >= 4 is 5.91 Å². The average molecular weight is 364 g/mol. The molecule has 0 saturated carbocycles. The molecule has 2 aromatic rings. The number of carbonyl (C=O) groups excluding carboxylic acids is 1. The summed E-state index contributed by atoms with van der Waals surface area (Å²) in [5.74, 6) is 0.802. The Morgan fingerprint density at radius 3 is 2.33 bits per heavy atom. The summed E-state index contributed by atoms with van der Waals surface area (Å²) in [4.78, 5) is 15.3. The molecule has 2 saturated heterocycles. The quantitative estimate of drug-likeness (QED) is 0.850. The summed E-state index contributed by atoms with van der Waals surface area (Å²) in [6, 6.07) is 19.6. The maximum absolute atomic E-state index is 12.6. The summed E-state index contributed by atoms with van der Waals surface area (Å²) < 4.78 is 5.16. The number of amides is 1. The zero-order valence-corrected chi connectivity index (χ0v) is 15.9. The van der Waals surface area contributed by atoms with E-state index in [1.165, 1.54) is 18.4 Å². The van der Waals surface area contributed by atoms with Crippen LogP contribution in [-0.4, -0.2) is 42.6 Å². The van der Waals surface area contributed by atoms with E-state index in [1.807, 2.05) is 24.3 Å². The van der Waals surface area contributed by atoms with Gasteiger partial charge in [-0.15, -0.1) is 0 Å². The summed E-state index contributed by atoms with van der Waals surface area (Å²) in [5, 5.41) is 3.26. The number of methoxy groups -OCH3 is 1. The SMILES string of the molecule is COc1ccc(C(=O)NC2CC3CCC(C2)N3CCc2ccccc2)cc1. The Morgan fingerprint density at radius 1 is 1.04 bits per heavy atom. The molecule has 2 heterocycles. The predicted molar refractivity (Wildman–Crippen MR) is 107 cm³/mol. The maximum atomic E-state index is 12.6. The molecular weight excluding hydrogens is 336 g/mol. The van der Waals surface area contributed by atoms with Crippen molar-refractivity contribution in [1.29, 1.82) is 0 Å². The molecule has 0 spiro atoms. The van der Waals surface area contributed by atoms with Crippen LogP contribution < -0.4 is 10.1 Å². The minimum absolute atomic E-state index is 0.0276.